The number of carbonyl (C=O) groups excluding carboxylic acids is 1. The van der Waals surface area contributed by atoms with Gasteiger partial charge in [0, 0.05) is 30.1 Å². The zero-order valence-electron chi connectivity index (χ0n) is 9.37. The molecule has 1 saturated carbocycles. The van der Waals surface area contributed by atoms with E-state index in [1.165, 1.54) is 19.3 Å². The van der Waals surface area contributed by atoms with Gasteiger partial charge < -0.3 is 10.2 Å². The summed E-state index contributed by atoms with van der Waals surface area (Å²) in [5.74, 6) is 1.09. The summed E-state index contributed by atoms with van der Waals surface area (Å²) < 4.78 is 0. The van der Waals surface area contributed by atoms with E-state index >= 15 is 0 Å². The average Bonchev–Trinajstić information content (AvgIpc) is 2.23. The van der Waals surface area contributed by atoms with Gasteiger partial charge in [0.1, 0.15) is 0 Å². The van der Waals surface area contributed by atoms with E-state index < -0.39 is 0 Å². The summed E-state index contributed by atoms with van der Waals surface area (Å²) in [6.45, 7) is 4.05. The Hall–Kier alpha value is -0.380. The SMILES string of the molecule is CCC1CN(C(=O)NC2CCC2)CCS1. The van der Waals surface area contributed by atoms with Crippen LogP contribution in [0.25, 0.3) is 0 Å². The molecule has 0 aromatic heterocycles. The van der Waals surface area contributed by atoms with Crippen LogP contribution in [0.1, 0.15) is 32.6 Å². The van der Waals surface area contributed by atoms with Crippen molar-refractivity contribution in [2.24, 2.45) is 0 Å². The highest BCUT2D eigenvalue weighted by molar-refractivity contribution is 8.00. The lowest BCUT2D eigenvalue weighted by molar-refractivity contribution is 0.187. The second-order valence-electron chi connectivity index (χ2n) is 4.42. The van der Waals surface area contributed by atoms with Gasteiger partial charge in [0.25, 0.3) is 0 Å². The molecule has 0 aromatic rings. The largest absolute Gasteiger partial charge is 0.335 e. The molecule has 1 N–H and O–H groups in total. The molecule has 86 valence electrons. The number of nitrogens with zero attached hydrogens (tertiary/aromatic N) is 1. The third-order valence-corrected chi connectivity index (χ3v) is 4.69. The summed E-state index contributed by atoms with van der Waals surface area (Å²) in [5, 5.41) is 3.75. The first-order chi connectivity index (χ1) is 7.29. The fourth-order valence-corrected chi connectivity index (χ4v) is 3.15. The molecule has 0 spiro atoms. The second kappa shape index (κ2) is 5.10. The Kier molecular flexibility index (Phi) is 3.78. The van der Waals surface area contributed by atoms with E-state index in [1.807, 2.05) is 16.7 Å². The number of nitrogens with one attached hydrogen (secondary N) is 1. The highest BCUT2D eigenvalue weighted by Crippen LogP contribution is 2.22. The van der Waals surface area contributed by atoms with Gasteiger partial charge in [-0.25, -0.2) is 4.79 Å². The van der Waals surface area contributed by atoms with Gasteiger partial charge in [0.2, 0.25) is 0 Å². The minimum atomic E-state index is 0.165. The highest BCUT2D eigenvalue weighted by atomic mass is 32.2. The van der Waals surface area contributed by atoms with Gasteiger partial charge in [-0.3, -0.25) is 0 Å². The fraction of sp³-hybridized carbons (Fsp3) is 0.909. The molecule has 1 atom stereocenters. The highest BCUT2D eigenvalue weighted by Gasteiger charge is 2.26. The standard InChI is InChI=1S/C11H20N2OS/c1-2-10-8-13(6-7-15-10)11(14)12-9-4-3-5-9/h9-10H,2-8H2,1H3,(H,12,14). The van der Waals surface area contributed by atoms with Crippen molar-refractivity contribution in [3.8, 4) is 0 Å². The molecule has 2 fully saturated rings. The normalized spacial score (nSPS) is 27.3. The summed E-state index contributed by atoms with van der Waals surface area (Å²) in [6, 6.07) is 0.630. The van der Waals surface area contributed by atoms with Crippen LogP contribution in [0.3, 0.4) is 0 Å². The molecular formula is C11H20N2OS. The smallest absolute Gasteiger partial charge is 0.317 e. The van der Waals surface area contributed by atoms with E-state index in [0.29, 0.717) is 11.3 Å². The van der Waals surface area contributed by atoms with Crippen molar-refractivity contribution in [3.05, 3.63) is 0 Å². The van der Waals surface area contributed by atoms with E-state index in [-0.39, 0.29) is 6.03 Å². The van der Waals surface area contributed by atoms with Gasteiger partial charge in [-0.2, -0.15) is 11.8 Å². The van der Waals surface area contributed by atoms with Gasteiger partial charge in [-0.05, 0) is 25.7 Å². The van der Waals surface area contributed by atoms with Crippen LogP contribution >= 0.6 is 11.8 Å². The van der Waals surface area contributed by atoms with Gasteiger partial charge in [0.15, 0.2) is 0 Å². The molecule has 1 heterocycles. The lowest BCUT2D eigenvalue weighted by atomic mass is 9.93. The molecule has 1 aliphatic heterocycles. The van der Waals surface area contributed by atoms with Crippen LogP contribution < -0.4 is 5.32 Å². The van der Waals surface area contributed by atoms with Crippen LogP contribution in [-0.4, -0.2) is 41.1 Å². The third kappa shape index (κ3) is 2.80. The molecule has 2 rings (SSSR count). The van der Waals surface area contributed by atoms with Crippen LogP contribution in [0, 0.1) is 0 Å². The Morgan fingerprint density at radius 2 is 2.33 bits per heavy atom. The van der Waals surface area contributed by atoms with Crippen molar-refractivity contribution in [1.82, 2.24) is 10.2 Å². The summed E-state index contributed by atoms with van der Waals surface area (Å²) >= 11 is 2.00. The van der Waals surface area contributed by atoms with Gasteiger partial charge in [-0.1, -0.05) is 6.92 Å². The molecule has 2 aliphatic rings. The number of thioether (sulfide) groups is 1. The molecule has 2 amide bonds. The maximum atomic E-state index is 11.9. The quantitative estimate of drug-likeness (QED) is 0.785. The summed E-state index contributed by atoms with van der Waals surface area (Å²) in [5.41, 5.74) is 0. The average molecular weight is 228 g/mol. The number of amides is 2. The van der Waals surface area contributed by atoms with E-state index in [9.17, 15) is 4.79 Å². The molecule has 0 aromatic carbocycles. The predicted octanol–water partition coefficient (Wildman–Crippen LogP) is 2.08. The second-order valence-corrected chi connectivity index (χ2v) is 5.83. The lowest BCUT2D eigenvalue weighted by Crippen LogP contribution is -2.51. The van der Waals surface area contributed by atoms with Crippen molar-refractivity contribution >= 4 is 17.8 Å². The van der Waals surface area contributed by atoms with Gasteiger partial charge in [-0.15, -0.1) is 0 Å². The van der Waals surface area contributed by atoms with Crippen molar-refractivity contribution in [2.75, 3.05) is 18.8 Å². The van der Waals surface area contributed by atoms with Gasteiger partial charge >= 0.3 is 6.03 Å². The summed E-state index contributed by atoms with van der Waals surface area (Å²) in [6.07, 6.45) is 4.79. The van der Waals surface area contributed by atoms with Crippen LogP contribution in [0.15, 0.2) is 0 Å². The number of hydrogen-bond donors (Lipinski definition) is 1. The first-order valence-corrected chi connectivity index (χ1v) is 7.01. The predicted molar refractivity (Wildman–Crippen MR) is 64.3 cm³/mol. The Morgan fingerprint density at radius 3 is 2.93 bits per heavy atom. The first kappa shape index (κ1) is 11.1. The van der Waals surface area contributed by atoms with E-state index in [4.69, 9.17) is 0 Å². The van der Waals surface area contributed by atoms with Crippen molar-refractivity contribution < 1.29 is 4.79 Å². The zero-order valence-corrected chi connectivity index (χ0v) is 10.2. The first-order valence-electron chi connectivity index (χ1n) is 5.96. The zero-order chi connectivity index (χ0) is 10.7. The molecular weight excluding hydrogens is 208 g/mol. The molecule has 1 saturated heterocycles. The maximum absolute atomic E-state index is 11.9. The number of carbonyl (C=O) groups is 1. The van der Waals surface area contributed by atoms with Crippen LogP contribution in [-0.2, 0) is 0 Å². The number of urea groups is 1. The monoisotopic (exact) mass is 228 g/mol. The molecule has 4 heteroatoms. The van der Waals surface area contributed by atoms with E-state index in [0.717, 1.165) is 25.3 Å². The minimum Gasteiger partial charge on any atom is -0.335 e. The molecule has 1 unspecified atom stereocenters. The van der Waals surface area contributed by atoms with Crippen LogP contribution in [0.2, 0.25) is 0 Å². The topological polar surface area (TPSA) is 32.3 Å². The third-order valence-electron chi connectivity index (χ3n) is 3.31. The molecule has 1 aliphatic carbocycles. The number of rotatable bonds is 2. The van der Waals surface area contributed by atoms with Crippen molar-refractivity contribution in [1.29, 1.82) is 0 Å². The fourth-order valence-electron chi connectivity index (χ4n) is 1.97. The molecule has 0 bridgehead atoms. The molecule has 15 heavy (non-hydrogen) atoms. The van der Waals surface area contributed by atoms with Gasteiger partial charge in [0.05, 0.1) is 0 Å². The maximum Gasteiger partial charge on any atom is 0.317 e. The Morgan fingerprint density at radius 1 is 1.53 bits per heavy atom. The Balaban J connectivity index is 1.78. The van der Waals surface area contributed by atoms with Crippen molar-refractivity contribution in [2.45, 2.75) is 43.9 Å². The number of hydrogen-bond acceptors (Lipinski definition) is 2. The van der Waals surface area contributed by atoms with E-state index in [2.05, 4.69) is 12.2 Å². The van der Waals surface area contributed by atoms with E-state index in [1.54, 1.807) is 0 Å². The van der Waals surface area contributed by atoms with Crippen molar-refractivity contribution in [3.63, 3.8) is 0 Å². The summed E-state index contributed by atoms with van der Waals surface area (Å²) in [7, 11) is 0. The molecule has 0 radical (unpaired) electrons. The van der Waals surface area contributed by atoms with Crippen LogP contribution in [0.4, 0.5) is 4.79 Å². The molecule has 3 nitrogen and oxygen atoms in total. The summed E-state index contributed by atoms with van der Waals surface area (Å²) in [4.78, 5) is 13.9. The van der Waals surface area contributed by atoms with Crippen LogP contribution in [0.5, 0.6) is 0 Å². The lowest BCUT2D eigenvalue weighted by Gasteiger charge is -2.35. The Labute approximate surface area is 96.0 Å². The minimum absolute atomic E-state index is 0.165. The Bertz CT molecular complexity index is 231.